The molecular formula is C31H62NO4+. The van der Waals surface area contributed by atoms with Crippen LogP contribution in [0.4, 0.5) is 0 Å². The molecule has 0 bridgehead atoms. The first kappa shape index (κ1) is 34.9. The third-order valence-corrected chi connectivity index (χ3v) is 6.69. The van der Waals surface area contributed by atoms with Crippen molar-refractivity contribution in [1.29, 1.82) is 0 Å². The lowest BCUT2D eigenvalue weighted by Gasteiger charge is -2.28. The second-order valence-corrected chi connectivity index (χ2v) is 11.8. The minimum absolute atomic E-state index is 0.150. The van der Waals surface area contributed by atoms with Gasteiger partial charge in [-0.05, 0) is 12.8 Å². The highest BCUT2D eigenvalue weighted by Gasteiger charge is 2.25. The predicted molar refractivity (Wildman–Crippen MR) is 152 cm³/mol. The Labute approximate surface area is 224 Å². The molecule has 0 fully saturated rings. The molecule has 0 unspecified atom stereocenters. The molecule has 0 amide bonds. The average molecular weight is 513 g/mol. The molecule has 36 heavy (non-hydrogen) atoms. The lowest BCUT2D eigenvalue weighted by atomic mass is 10.1. The van der Waals surface area contributed by atoms with Gasteiger partial charge in [-0.15, -0.1) is 0 Å². The van der Waals surface area contributed by atoms with E-state index in [4.69, 9.17) is 9.47 Å². The van der Waals surface area contributed by atoms with Gasteiger partial charge >= 0.3 is 11.9 Å². The molecule has 5 heteroatoms. The summed E-state index contributed by atoms with van der Waals surface area (Å²) in [6.07, 6.45) is 23.8. The molecule has 0 radical (unpaired) electrons. The Morgan fingerprint density at radius 2 is 1.00 bits per heavy atom. The molecule has 0 aromatic carbocycles. The molecule has 0 aromatic heterocycles. The van der Waals surface area contributed by atoms with Crippen LogP contribution in [0.2, 0.25) is 0 Å². The summed E-state index contributed by atoms with van der Waals surface area (Å²) in [5, 5.41) is 0. The van der Waals surface area contributed by atoms with Gasteiger partial charge in [0.15, 0.2) is 6.10 Å². The van der Waals surface area contributed by atoms with Crippen LogP contribution in [-0.4, -0.2) is 56.8 Å². The maximum atomic E-state index is 12.4. The van der Waals surface area contributed by atoms with E-state index in [0.29, 0.717) is 24.1 Å². The van der Waals surface area contributed by atoms with Crippen LogP contribution in [0.3, 0.4) is 0 Å². The van der Waals surface area contributed by atoms with Gasteiger partial charge in [-0.1, -0.05) is 123 Å². The number of unbranched alkanes of at least 4 members (excludes halogenated alkanes) is 17. The number of hydrogen-bond acceptors (Lipinski definition) is 4. The monoisotopic (exact) mass is 512 g/mol. The van der Waals surface area contributed by atoms with Crippen LogP contribution in [0.1, 0.15) is 149 Å². The largest absolute Gasteiger partial charge is 0.466 e. The van der Waals surface area contributed by atoms with E-state index in [1.165, 1.54) is 96.3 Å². The molecule has 0 spiro atoms. The third kappa shape index (κ3) is 26.0. The molecule has 0 rings (SSSR count). The van der Waals surface area contributed by atoms with E-state index in [2.05, 4.69) is 35.0 Å². The van der Waals surface area contributed by atoms with Gasteiger partial charge in [0.2, 0.25) is 0 Å². The van der Waals surface area contributed by atoms with E-state index in [0.717, 1.165) is 25.7 Å². The highest BCUT2D eigenvalue weighted by Crippen LogP contribution is 2.14. The molecule has 0 aliphatic rings. The van der Waals surface area contributed by atoms with Crippen LogP contribution in [0.5, 0.6) is 0 Å². The van der Waals surface area contributed by atoms with Crippen molar-refractivity contribution in [2.75, 3.05) is 34.3 Å². The molecule has 0 aromatic rings. The number of carbonyl (C=O) groups is 2. The van der Waals surface area contributed by atoms with Crippen molar-refractivity contribution >= 4 is 11.9 Å². The lowest BCUT2D eigenvalue weighted by Crippen LogP contribution is -2.44. The number of quaternary nitrogens is 1. The number of hydrogen-bond donors (Lipinski definition) is 0. The zero-order valence-corrected chi connectivity index (χ0v) is 24.9. The fraction of sp³-hybridized carbons (Fsp3) is 0.935. The van der Waals surface area contributed by atoms with Crippen LogP contribution >= 0.6 is 0 Å². The van der Waals surface area contributed by atoms with Crippen LogP contribution < -0.4 is 0 Å². The van der Waals surface area contributed by atoms with Crippen molar-refractivity contribution < 1.29 is 23.5 Å². The minimum Gasteiger partial charge on any atom is -0.466 e. The summed E-state index contributed by atoms with van der Waals surface area (Å²) in [4.78, 5) is 24.8. The highest BCUT2D eigenvalue weighted by molar-refractivity contribution is 5.72. The van der Waals surface area contributed by atoms with Gasteiger partial charge in [-0.2, -0.15) is 0 Å². The number of nitrogens with zero attached hydrogens (tertiary/aromatic N) is 1. The highest BCUT2D eigenvalue weighted by atomic mass is 16.6. The molecule has 0 N–H and O–H groups in total. The maximum absolute atomic E-state index is 12.4. The normalized spacial score (nSPS) is 12.5. The Morgan fingerprint density at radius 3 is 1.44 bits per heavy atom. The van der Waals surface area contributed by atoms with Crippen LogP contribution in [0.15, 0.2) is 0 Å². The number of likely N-dealkylation sites (N-methyl/N-ethyl adjacent to an activating group) is 1. The van der Waals surface area contributed by atoms with E-state index in [-0.39, 0.29) is 18.4 Å². The molecule has 0 saturated heterocycles. The quantitative estimate of drug-likeness (QED) is 0.0663. The molecule has 0 aliphatic heterocycles. The molecule has 5 nitrogen and oxygen atoms in total. The van der Waals surface area contributed by atoms with Crippen molar-refractivity contribution in [2.45, 2.75) is 155 Å². The molecule has 0 saturated carbocycles. The summed E-state index contributed by atoms with van der Waals surface area (Å²) in [5.41, 5.74) is 0. The summed E-state index contributed by atoms with van der Waals surface area (Å²) in [6.45, 7) is 5.57. The summed E-state index contributed by atoms with van der Waals surface area (Å²) < 4.78 is 11.8. The molecular weight excluding hydrogens is 450 g/mol. The average Bonchev–Trinajstić information content (AvgIpc) is 2.80. The zero-order chi connectivity index (χ0) is 26.9. The first-order chi connectivity index (χ1) is 17.3. The summed E-state index contributed by atoms with van der Waals surface area (Å²) in [6, 6.07) is 0. The Bertz CT molecular complexity index is 515. The fourth-order valence-corrected chi connectivity index (χ4v) is 4.60. The predicted octanol–water partition coefficient (Wildman–Crippen LogP) is 8.38. The van der Waals surface area contributed by atoms with Gasteiger partial charge in [0.05, 0.1) is 34.2 Å². The Hall–Kier alpha value is -1.10. The molecule has 1 atom stereocenters. The minimum atomic E-state index is -0.420. The van der Waals surface area contributed by atoms with E-state index in [9.17, 15) is 9.59 Å². The second-order valence-electron chi connectivity index (χ2n) is 11.8. The Kier molecular flexibility index (Phi) is 23.5. The summed E-state index contributed by atoms with van der Waals surface area (Å²) >= 11 is 0. The van der Waals surface area contributed by atoms with E-state index >= 15 is 0 Å². The second kappa shape index (κ2) is 24.2. The lowest BCUT2D eigenvalue weighted by molar-refractivity contribution is -0.873. The Morgan fingerprint density at radius 1 is 0.583 bits per heavy atom. The van der Waals surface area contributed by atoms with Crippen LogP contribution in [-0.2, 0) is 19.1 Å². The van der Waals surface area contributed by atoms with E-state index in [1.807, 2.05) is 0 Å². The van der Waals surface area contributed by atoms with Gasteiger partial charge < -0.3 is 14.0 Å². The van der Waals surface area contributed by atoms with Gasteiger partial charge in [0, 0.05) is 6.42 Å². The maximum Gasteiger partial charge on any atom is 0.309 e. The summed E-state index contributed by atoms with van der Waals surface area (Å²) in [7, 11) is 6.15. The van der Waals surface area contributed by atoms with Crippen molar-refractivity contribution in [2.24, 2.45) is 0 Å². The third-order valence-electron chi connectivity index (χ3n) is 6.69. The van der Waals surface area contributed by atoms with Crippen molar-refractivity contribution in [1.82, 2.24) is 0 Å². The molecule has 214 valence electrons. The fourth-order valence-electron chi connectivity index (χ4n) is 4.60. The first-order valence-corrected chi connectivity index (χ1v) is 15.4. The smallest absolute Gasteiger partial charge is 0.309 e. The molecule has 0 aliphatic carbocycles. The van der Waals surface area contributed by atoms with Crippen molar-refractivity contribution in [3.8, 4) is 0 Å². The van der Waals surface area contributed by atoms with E-state index < -0.39 is 6.10 Å². The van der Waals surface area contributed by atoms with Gasteiger partial charge in [-0.3, -0.25) is 9.59 Å². The van der Waals surface area contributed by atoms with Gasteiger partial charge in [0.25, 0.3) is 0 Å². The Balaban J connectivity index is 3.97. The first-order valence-electron chi connectivity index (χ1n) is 15.4. The van der Waals surface area contributed by atoms with Crippen molar-refractivity contribution in [3.05, 3.63) is 0 Å². The van der Waals surface area contributed by atoms with Crippen LogP contribution in [0, 0.1) is 0 Å². The number of esters is 2. The van der Waals surface area contributed by atoms with Crippen LogP contribution in [0.25, 0.3) is 0 Å². The summed E-state index contributed by atoms with van der Waals surface area (Å²) in [5.74, 6) is -0.432. The number of rotatable bonds is 26. The molecule has 0 heterocycles. The topological polar surface area (TPSA) is 52.6 Å². The van der Waals surface area contributed by atoms with E-state index in [1.54, 1.807) is 0 Å². The zero-order valence-electron chi connectivity index (χ0n) is 24.9. The SMILES string of the molecule is CCCCCCCCCCCCCOC(=O)C[C@H](C[N+](C)(C)C)OC(=O)CCCCCCCCCC. The van der Waals surface area contributed by atoms with Gasteiger partial charge in [0.1, 0.15) is 6.54 Å². The number of ether oxygens (including phenoxy) is 2. The van der Waals surface area contributed by atoms with Gasteiger partial charge in [-0.25, -0.2) is 0 Å². The number of carbonyl (C=O) groups excluding carboxylic acids is 2. The van der Waals surface area contributed by atoms with Crippen molar-refractivity contribution in [3.63, 3.8) is 0 Å². The standard InChI is InChI=1S/C31H62NO4/c1-6-8-10-12-14-16-17-18-20-22-24-26-35-31(34)27-29(28-32(3,4)5)36-30(33)25-23-21-19-15-13-11-9-7-2/h29H,6-28H2,1-5H3/q+1/t29-/m1/s1.